The molecule has 236 valence electrons. The lowest BCUT2D eigenvalue weighted by atomic mass is 9.82. The second-order valence-electron chi connectivity index (χ2n) is 12.5. The molecular formula is C39H41BrN4O2. The van der Waals surface area contributed by atoms with Gasteiger partial charge in [0, 0.05) is 65.8 Å². The largest absolute Gasteiger partial charge is 0.380 e. The monoisotopic (exact) mass is 676 g/mol. The zero-order valence-corrected chi connectivity index (χ0v) is 28.4. The molecule has 2 heterocycles. The lowest BCUT2D eigenvalue weighted by Gasteiger charge is -2.38. The summed E-state index contributed by atoms with van der Waals surface area (Å²) in [5.41, 5.74) is 5.51. The van der Waals surface area contributed by atoms with Crippen LogP contribution in [-0.2, 0) is 12.0 Å². The van der Waals surface area contributed by atoms with Crippen molar-refractivity contribution in [3.8, 4) is 0 Å². The first-order valence-electron chi connectivity index (χ1n) is 15.9. The third-order valence-electron chi connectivity index (χ3n) is 9.01. The SMILES string of the molecule is CC(=O)c1ccc(N2CCN(c3nc4c(C(O)(CCN(C)C)c5ccccc5)cc(Br)cc4cc3Cc3ccccc3)CC2)cc1. The quantitative estimate of drug-likeness (QED) is 0.157. The first-order chi connectivity index (χ1) is 22.2. The second-order valence-corrected chi connectivity index (χ2v) is 13.4. The fraction of sp³-hybridized carbons (Fsp3) is 0.282. The maximum absolute atomic E-state index is 12.6. The molecular weight excluding hydrogens is 636 g/mol. The van der Waals surface area contributed by atoms with Crippen molar-refractivity contribution in [1.29, 1.82) is 0 Å². The van der Waals surface area contributed by atoms with Gasteiger partial charge in [0.15, 0.2) is 5.78 Å². The highest BCUT2D eigenvalue weighted by Gasteiger charge is 2.35. The van der Waals surface area contributed by atoms with Crippen LogP contribution in [0.15, 0.2) is 108 Å². The number of hydrogen-bond donors (Lipinski definition) is 1. The smallest absolute Gasteiger partial charge is 0.159 e. The predicted molar refractivity (Wildman–Crippen MR) is 192 cm³/mol. The van der Waals surface area contributed by atoms with Crippen LogP contribution in [0, 0.1) is 0 Å². The van der Waals surface area contributed by atoms with Crippen molar-refractivity contribution in [3.05, 3.63) is 135 Å². The summed E-state index contributed by atoms with van der Waals surface area (Å²) in [6.45, 7) is 5.62. The number of hydrogen-bond acceptors (Lipinski definition) is 6. The van der Waals surface area contributed by atoms with Gasteiger partial charge >= 0.3 is 0 Å². The number of rotatable bonds is 10. The molecule has 0 bridgehead atoms. The van der Waals surface area contributed by atoms with Gasteiger partial charge in [0.05, 0.1) is 5.52 Å². The van der Waals surface area contributed by atoms with Crippen LogP contribution >= 0.6 is 15.9 Å². The van der Waals surface area contributed by atoms with Gasteiger partial charge in [0.2, 0.25) is 0 Å². The number of Topliss-reactive ketones (excluding diaryl/α,β-unsaturated/α-hetero) is 1. The zero-order chi connectivity index (χ0) is 32.3. The van der Waals surface area contributed by atoms with Crippen molar-refractivity contribution in [2.45, 2.75) is 25.4 Å². The van der Waals surface area contributed by atoms with Gasteiger partial charge in [0.25, 0.3) is 0 Å². The molecule has 0 saturated carbocycles. The standard InChI is InChI=1S/C39H41BrN4O2/c1-28(45)30-14-16-35(17-15-30)43-20-22-44(23-21-43)38-32(24-29-10-6-4-7-11-29)25-31-26-34(40)27-36(37(31)41-38)39(46,18-19-42(2)3)33-12-8-5-9-13-33/h4-17,25-27,46H,18-24H2,1-3H3. The molecule has 7 heteroatoms. The maximum atomic E-state index is 12.6. The van der Waals surface area contributed by atoms with E-state index in [2.05, 4.69) is 67.0 Å². The van der Waals surface area contributed by atoms with Gasteiger partial charge in [-0.2, -0.15) is 0 Å². The number of aromatic nitrogens is 1. The third kappa shape index (κ3) is 6.87. The van der Waals surface area contributed by atoms with E-state index in [1.54, 1.807) is 6.92 Å². The van der Waals surface area contributed by atoms with E-state index in [4.69, 9.17) is 4.98 Å². The number of pyridine rings is 1. The number of carbonyl (C=O) groups excluding carboxylic acids is 1. The molecule has 1 saturated heterocycles. The van der Waals surface area contributed by atoms with E-state index in [0.29, 0.717) is 13.0 Å². The molecule has 1 atom stereocenters. The topological polar surface area (TPSA) is 59.9 Å². The summed E-state index contributed by atoms with van der Waals surface area (Å²) in [5, 5.41) is 13.6. The number of carbonyl (C=O) groups is 1. The van der Waals surface area contributed by atoms with E-state index in [1.165, 1.54) is 11.1 Å². The van der Waals surface area contributed by atoms with Gasteiger partial charge in [-0.05, 0) is 86.6 Å². The van der Waals surface area contributed by atoms with Crippen molar-refractivity contribution >= 4 is 44.1 Å². The Morgan fingerprint density at radius 2 is 1.50 bits per heavy atom. The van der Waals surface area contributed by atoms with Gasteiger partial charge in [-0.15, -0.1) is 0 Å². The van der Waals surface area contributed by atoms with Crippen LogP contribution in [0.5, 0.6) is 0 Å². The highest BCUT2D eigenvalue weighted by molar-refractivity contribution is 9.10. The molecule has 1 N–H and O–H groups in total. The van der Waals surface area contributed by atoms with Crippen LogP contribution < -0.4 is 9.80 Å². The second kappa shape index (κ2) is 13.8. The van der Waals surface area contributed by atoms with E-state index in [1.807, 2.05) is 80.8 Å². The minimum Gasteiger partial charge on any atom is -0.380 e. The third-order valence-corrected chi connectivity index (χ3v) is 9.47. The van der Waals surface area contributed by atoms with Crippen LogP contribution in [0.1, 0.15) is 46.0 Å². The summed E-state index contributed by atoms with van der Waals surface area (Å²) in [4.78, 5) is 24.1. The van der Waals surface area contributed by atoms with Crippen molar-refractivity contribution in [2.24, 2.45) is 0 Å². The molecule has 1 aliphatic rings. The first kappa shape index (κ1) is 31.9. The molecule has 1 aromatic heterocycles. The molecule has 0 amide bonds. The number of ketones is 1. The Labute approximate surface area is 280 Å². The lowest BCUT2D eigenvalue weighted by Crippen LogP contribution is -2.47. The summed E-state index contributed by atoms with van der Waals surface area (Å²) >= 11 is 3.77. The number of fused-ring (bicyclic) bond motifs is 1. The number of aliphatic hydroxyl groups is 1. The molecule has 0 aliphatic carbocycles. The molecule has 46 heavy (non-hydrogen) atoms. The van der Waals surface area contributed by atoms with Crippen LogP contribution in [0.3, 0.4) is 0 Å². The van der Waals surface area contributed by atoms with E-state index in [9.17, 15) is 9.90 Å². The van der Waals surface area contributed by atoms with Crippen molar-refractivity contribution in [3.63, 3.8) is 0 Å². The summed E-state index contributed by atoms with van der Waals surface area (Å²) in [5.74, 6) is 1.05. The van der Waals surface area contributed by atoms with Gasteiger partial charge in [-0.1, -0.05) is 76.6 Å². The molecule has 6 nitrogen and oxygen atoms in total. The fourth-order valence-electron chi connectivity index (χ4n) is 6.44. The summed E-state index contributed by atoms with van der Waals surface area (Å²) in [6.07, 6.45) is 1.29. The average Bonchev–Trinajstić information content (AvgIpc) is 3.07. The molecule has 1 fully saturated rings. The fourth-order valence-corrected chi connectivity index (χ4v) is 6.91. The minimum atomic E-state index is -1.23. The summed E-state index contributed by atoms with van der Waals surface area (Å²) < 4.78 is 0.916. The highest BCUT2D eigenvalue weighted by Crippen LogP contribution is 2.40. The Balaban J connectivity index is 1.43. The average molecular weight is 678 g/mol. The van der Waals surface area contributed by atoms with Crippen molar-refractivity contribution in [2.75, 3.05) is 56.6 Å². The first-order valence-corrected chi connectivity index (χ1v) is 16.7. The Kier molecular flexibility index (Phi) is 9.54. The Bertz CT molecular complexity index is 1800. The van der Waals surface area contributed by atoms with E-state index < -0.39 is 5.60 Å². The zero-order valence-electron chi connectivity index (χ0n) is 26.8. The number of benzene rings is 4. The van der Waals surface area contributed by atoms with Crippen molar-refractivity contribution < 1.29 is 9.90 Å². The lowest BCUT2D eigenvalue weighted by molar-refractivity contribution is 0.0641. The van der Waals surface area contributed by atoms with Crippen LogP contribution in [0.2, 0.25) is 0 Å². The van der Waals surface area contributed by atoms with Crippen LogP contribution in [0.25, 0.3) is 10.9 Å². The van der Waals surface area contributed by atoms with Gasteiger partial charge in [0.1, 0.15) is 11.4 Å². The van der Waals surface area contributed by atoms with E-state index >= 15 is 0 Å². The summed E-state index contributed by atoms with van der Waals surface area (Å²) in [7, 11) is 4.07. The number of nitrogens with zero attached hydrogens (tertiary/aromatic N) is 4. The Morgan fingerprint density at radius 3 is 2.13 bits per heavy atom. The number of halogens is 1. The molecule has 5 aromatic rings. The molecule has 0 radical (unpaired) electrons. The predicted octanol–water partition coefficient (Wildman–Crippen LogP) is 7.30. The minimum absolute atomic E-state index is 0.0805. The molecule has 6 rings (SSSR count). The Hall–Kier alpha value is -4.04. The van der Waals surface area contributed by atoms with Gasteiger partial charge in [-0.25, -0.2) is 4.98 Å². The summed E-state index contributed by atoms with van der Waals surface area (Å²) in [6, 6.07) is 34.9. The molecule has 4 aromatic carbocycles. The normalized spacial score (nSPS) is 14.9. The van der Waals surface area contributed by atoms with Gasteiger partial charge in [-0.3, -0.25) is 4.79 Å². The van der Waals surface area contributed by atoms with E-state index in [-0.39, 0.29) is 5.78 Å². The van der Waals surface area contributed by atoms with Crippen molar-refractivity contribution in [1.82, 2.24) is 9.88 Å². The highest BCUT2D eigenvalue weighted by atomic mass is 79.9. The van der Waals surface area contributed by atoms with E-state index in [0.717, 1.165) is 76.2 Å². The maximum Gasteiger partial charge on any atom is 0.159 e. The number of piperazine rings is 1. The number of anilines is 2. The van der Waals surface area contributed by atoms with Crippen LogP contribution in [-0.4, -0.2) is 67.6 Å². The Morgan fingerprint density at radius 1 is 0.870 bits per heavy atom. The van der Waals surface area contributed by atoms with Gasteiger partial charge < -0.3 is 19.8 Å². The van der Waals surface area contributed by atoms with Crippen LogP contribution in [0.4, 0.5) is 11.5 Å². The molecule has 0 spiro atoms. The molecule has 1 aliphatic heterocycles. The molecule has 1 unspecified atom stereocenters.